The normalized spacial score (nSPS) is 26.2. The lowest BCUT2D eigenvalue weighted by Gasteiger charge is -2.43. The minimum Gasteiger partial charge on any atom is -0.494 e. The van der Waals surface area contributed by atoms with E-state index in [9.17, 15) is 14.7 Å². The number of aromatic nitrogens is 1. The highest BCUT2D eigenvalue weighted by Gasteiger charge is 2.47. The summed E-state index contributed by atoms with van der Waals surface area (Å²) in [6.45, 7) is 1.78. The standard InChI is InChI=1S/C12H14N4O3/c1-6-7-4-5-8(17)16(7)10-9(13-6)11(18)15(3)12(19)14(10)2/h4-5,9-10,17H,1-3H3/t9-,10+/m0/s1. The van der Waals surface area contributed by atoms with Gasteiger partial charge in [-0.2, -0.15) is 0 Å². The largest absolute Gasteiger partial charge is 0.494 e. The molecule has 2 aliphatic heterocycles. The zero-order valence-electron chi connectivity index (χ0n) is 10.9. The van der Waals surface area contributed by atoms with Crippen molar-refractivity contribution in [2.24, 2.45) is 4.99 Å². The summed E-state index contributed by atoms with van der Waals surface area (Å²) >= 11 is 0. The van der Waals surface area contributed by atoms with Crippen LogP contribution in [0.3, 0.4) is 0 Å². The SMILES string of the molecule is CC1=N[C@@H]2C(=O)N(C)C(=O)N(C)[C@@H]2n2c(O)ccc21. The van der Waals surface area contributed by atoms with Crippen LogP contribution in [0.4, 0.5) is 4.79 Å². The smallest absolute Gasteiger partial charge is 0.327 e. The number of urea groups is 1. The van der Waals surface area contributed by atoms with Gasteiger partial charge in [0.25, 0.3) is 5.91 Å². The number of amides is 3. The van der Waals surface area contributed by atoms with Gasteiger partial charge in [-0.15, -0.1) is 0 Å². The van der Waals surface area contributed by atoms with Crippen molar-refractivity contribution < 1.29 is 14.7 Å². The summed E-state index contributed by atoms with van der Waals surface area (Å²) in [5.74, 6) is -0.331. The Morgan fingerprint density at radius 2 is 1.95 bits per heavy atom. The molecule has 19 heavy (non-hydrogen) atoms. The molecule has 3 rings (SSSR count). The van der Waals surface area contributed by atoms with Crippen LogP contribution in [0.1, 0.15) is 18.8 Å². The molecule has 0 saturated carbocycles. The van der Waals surface area contributed by atoms with Crippen molar-refractivity contribution >= 4 is 17.6 Å². The molecule has 1 aromatic heterocycles. The monoisotopic (exact) mass is 262 g/mol. The predicted molar refractivity (Wildman–Crippen MR) is 67.1 cm³/mol. The molecule has 2 atom stereocenters. The quantitative estimate of drug-likeness (QED) is 0.735. The Hall–Kier alpha value is -2.31. The lowest BCUT2D eigenvalue weighted by molar-refractivity contribution is -0.134. The minimum absolute atomic E-state index is 0.0243. The Balaban J connectivity index is 2.21. The molecule has 7 heteroatoms. The number of aromatic hydroxyl groups is 1. The van der Waals surface area contributed by atoms with Gasteiger partial charge >= 0.3 is 6.03 Å². The van der Waals surface area contributed by atoms with E-state index < -0.39 is 18.2 Å². The second kappa shape index (κ2) is 3.59. The summed E-state index contributed by atoms with van der Waals surface area (Å²) < 4.78 is 1.58. The number of carbonyl (C=O) groups excluding carboxylic acids is 2. The van der Waals surface area contributed by atoms with Crippen LogP contribution in [0.5, 0.6) is 5.88 Å². The van der Waals surface area contributed by atoms with Gasteiger partial charge in [0.1, 0.15) is 6.17 Å². The van der Waals surface area contributed by atoms with E-state index in [1.165, 1.54) is 18.0 Å². The van der Waals surface area contributed by atoms with E-state index in [-0.39, 0.29) is 11.8 Å². The lowest BCUT2D eigenvalue weighted by Crippen LogP contribution is -2.60. The third-order valence-corrected chi connectivity index (χ3v) is 3.72. The summed E-state index contributed by atoms with van der Waals surface area (Å²) in [4.78, 5) is 31.0. The third kappa shape index (κ3) is 1.35. The van der Waals surface area contributed by atoms with Gasteiger partial charge in [0.2, 0.25) is 0 Å². The molecule has 3 amide bonds. The molecule has 1 fully saturated rings. The van der Waals surface area contributed by atoms with Gasteiger partial charge in [-0.25, -0.2) is 4.79 Å². The zero-order chi connectivity index (χ0) is 13.9. The summed E-state index contributed by atoms with van der Waals surface area (Å²) in [5, 5.41) is 9.95. The highest BCUT2D eigenvalue weighted by atomic mass is 16.3. The molecule has 0 bridgehead atoms. The van der Waals surface area contributed by atoms with Gasteiger partial charge in [0, 0.05) is 20.2 Å². The number of nitrogens with zero attached hydrogens (tertiary/aromatic N) is 4. The van der Waals surface area contributed by atoms with Crippen molar-refractivity contribution in [3.63, 3.8) is 0 Å². The number of likely N-dealkylation sites (N-methyl/N-ethyl adjacent to an activating group) is 2. The maximum absolute atomic E-state index is 12.2. The second-order valence-corrected chi connectivity index (χ2v) is 4.81. The van der Waals surface area contributed by atoms with Crippen LogP contribution in [0.25, 0.3) is 0 Å². The predicted octanol–water partition coefficient (Wildman–Crippen LogP) is 0.407. The Bertz CT molecular complexity index is 618. The molecular formula is C12H14N4O3. The summed E-state index contributed by atoms with van der Waals surface area (Å²) in [6, 6.07) is 2.15. The number of aliphatic imine (C=N–C) groups is 1. The van der Waals surface area contributed by atoms with Crippen LogP contribution in [-0.2, 0) is 4.79 Å². The number of carbonyl (C=O) groups is 2. The van der Waals surface area contributed by atoms with Crippen LogP contribution in [0.2, 0.25) is 0 Å². The second-order valence-electron chi connectivity index (χ2n) is 4.81. The van der Waals surface area contributed by atoms with Crippen molar-refractivity contribution in [2.75, 3.05) is 14.1 Å². The molecule has 0 aromatic carbocycles. The number of fused-ring (bicyclic) bond motifs is 3. The molecule has 100 valence electrons. The Labute approximate surface area is 109 Å². The molecule has 0 radical (unpaired) electrons. The zero-order valence-corrected chi connectivity index (χ0v) is 10.9. The highest BCUT2D eigenvalue weighted by molar-refractivity contribution is 6.05. The van der Waals surface area contributed by atoms with Gasteiger partial charge in [-0.3, -0.25) is 19.3 Å². The van der Waals surface area contributed by atoms with Crippen molar-refractivity contribution in [1.29, 1.82) is 0 Å². The van der Waals surface area contributed by atoms with E-state index in [4.69, 9.17) is 0 Å². The first-order valence-corrected chi connectivity index (χ1v) is 5.93. The number of rotatable bonds is 0. The van der Waals surface area contributed by atoms with E-state index in [1.807, 2.05) is 0 Å². The molecule has 0 spiro atoms. The number of hydrogen-bond acceptors (Lipinski definition) is 4. The fourth-order valence-electron chi connectivity index (χ4n) is 2.70. The van der Waals surface area contributed by atoms with Crippen molar-refractivity contribution in [3.8, 4) is 5.88 Å². The molecule has 0 aliphatic carbocycles. The van der Waals surface area contributed by atoms with Crippen LogP contribution in [0, 0.1) is 0 Å². The van der Waals surface area contributed by atoms with Crippen molar-refractivity contribution in [2.45, 2.75) is 19.1 Å². The molecule has 7 nitrogen and oxygen atoms in total. The fraction of sp³-hybridized carbons (Fsp3) is 0.417. The third-order valence-electron chi connectivity index (χ3n) is 3.72. The first-order valence-electron chi connectivity index (χ1n) is 5.93. The van der Waals surface area contributed by atoms with Crippen LogP contribution in [-0.4, -0.2) is 57.3 Å². The molecule has 2 aliphatic rings. The average Bonchev–Trinajstić information content (AvgIpc) is 2.77. The number of hydrogen-bond donors (Lipinski definition) is 1. The topological polar surface area (TPSA) is 78.1 Å². The van der Waals surface area contributed by atoms with Gasteiger partial charge < -0.3 is 10.0 Å². The average molecular weight is 262 g/mol. The summed E-state index contributed by atoms with van der Waals surface area (Å²) in [5.41, 5.74) is 1.39. The fourth-order valence-corrected chi connectivity index (χ4v) is 2.70. The molecule has 0 unspecified atom stereocenters. The van der Waals surface area contributed by atoms with E-state index in [0.29, 0.717) is 5.71 Å². The van der Waals surface area contributed by atoms with Crippen molar-refractivity contribution in [3.05, 3.63) is 17.8 Å². The lowest BCUT2D eigenvalue weighted by atomic mass is 10.1. The van der Waals surface area contributed by atoms with Crippen LogP contribution >= 0.6 is 0 Å². The van der Waals surface area contributed by atoms with Gasteiger partial charge in [0.05, 0.1) is 11.4 Å². The highest BCUT2D eigenvalue weighted by Crippen LogP contribution is 2.35. The number of imide groups is 1. The maximum Gasteiger partial charge on any atom is 0.327 e. The first-order chi connectivity index (χ1) is 8.93. The van der Waals surface area contributed by atoms with Gasteiger partial charge in [-0.05, 0) is 13.0 Å². The molecule has 1 aromatic rings. The first kappa shape index (κ1) is 11.8. The van der Waals surface area contributed by atoms with E-state index in [2.05, 4.69) is 4.99 Å². The van der Waals surface area contributed by atoms with Crippen LogP contribution < -0.4 is 0 Å². The van der Waals surface area contributed by atoms with E-state index in [1.54, 1.807) is 24.6 Å². The van der Waals surface area contributed by atoms with Crippen molar-refractivity contribution in [1.82, 2.24) is 14.4 Å². The van der Waals surface area contributed by atoms with Gasteiger partial charge in [0.15, 0.2) is 11.9 Å². The summed E-state index contributed by atoms with van der Waals surface area (Å²) in [6.07, 6.45) is -0.607. The maximum atomic E-state index is 12.2. The molecule has 1 saturated heterocycles. The van der Waals surface area contributed by atoms with Crippen LogP contribution in [0.15, 0.2) is 17.1 Å². The van der Waals surface area contributed by atoms with E-state index in [0.717, 1.165) is 10.6 Å². The summed E-state index contributed by atoms with van der Waals surface area (Å²) in [7, 11) is 3.04. The molecular weight excluding hydrogens is 248 g/mol. The van der Waals surface area contributed by atoms with Gasteiger partial charge in [-0.1, -0.05) is 0 Å². The Kier molecular flexibility index (Phi) is 2.23. The molecule has 1 N–H and O–H groups in total. The van der Waals surface area contributed by atoms with E-state index >= 15 is 0 Å². The Morgan fingerprint density at radius 1 is 1.26 bits per heavy atom. The minimum atomic E-state index is -0.710. The molecule has 3 heterocycles. The Morgan fingerprint density at radius 3 is 2.63 bits per heavy atom.